The molecule has 0 atom stereocenters. The van der Waals surface area contributed by atoms with Crippen molar-refractivity contribution >= 4 is 16.9 Å². The van der Waals surface area contributed by atoms with Gasteiger partial charge in [-0.1, -0.05) is 39.5 Å². The Hall–Kier alpha value is -1.77. The summed E-state index contributed by atoms with van der Waals surface area (Å²) in [7, 11) is 0. The lowest BCUT2D eigenvalue weighted by atomic mass is 10.3. The summed E-state index contributed by atoms with van der Waals surface area (Å²) in [5.74, 6) is 1.48. The van der Waals surface area contributed by atoms with Crippen LogP contribution >= 0.6 is 0 Å². The van der Waals surface area contributed by atoms with Gasteiger partial charge in [-0.2, -0.15) is 0 Å². The lowest BCUT2D eigenvalue weighted by molar-refractivity contribution is 0.914. The fraction of sp³-hybridized carbons (Fsp3) is 0.308. The third-order valence-electron chi connectivity index (χ3n) is 2.23. The van der Waals surface area contributed by atoms with Gasteiger partial charge in [0.2, 0.25) is 0 Å². The number of fused-ring (bicyclic) bond motifs is 1. The maximum absolute atomic E-state index is 5.73. The lowest BCUT2D eigenvalue weighted by Crippen LogP contribution is -2.07. The van der Waals surface area contributed by atoms with Gasteiger partial charge < -0.3 is 5.73 Å². The molecule has 0 aliphatic carbocycles. The molecule has 0 unspecified atom stereocenters. The zero-order chi connectivity index (χ0) is 12.1. The van der Waals surface area contributed by atoms with E-state index in [9.17, 15) is 0 Å². The van der Waals surface area contributed by atoms with Crippen LogP contribution < -0.4 is 5.73 Å². The molecule has 2 rings (SSSR count). The minimum absolute atomic E-state index is 0.524. The molecule has 0 aliphatic heterocycles. The molecular formula is C13H19N3. The molecular weight excluding hydrogens is 198 g/mol. The molecule has 1 aromatic carbocycles. The highest BCUT2D eigenvalue weighted by atomic mass is 15.1. The number of para-hydroxylation sites is 2. The summed E-state index contributed by atoms with van der Waals surface area (Å²) in [5, 5.41) is 0. The topological polar surface area (TPSA) is 43.8 Å². The average Bonchev–Trinajstić information content (AvgIpc) is 2.69. The second-order valence-electron chi connectivity index (χ2n) is 3.20. The highest BCUT2D eigenvalue weighted by Crippen LogP contribution is 2.17. The first kappa shape index (κ1) is 12.3. The summed E-state index contributed by atoms with van der Waals surface area (Å²) in [4.78, 5) is 4.47. The van der Waals surface area contributed by atoms with E-state index < -0.39 is 0 Å². The van der Waals surface area contributed by atoms with Crippen LogP contribution in [0.3, 0.4) is 0 Å². The normalized spacial score (nSPS) is 9.69. The van der Waals surface area contributed by atoms with Crippen LogP contribution in [0.1, 0.15) is 26.6 Å². The minimum atomic E-state index is 0.524. The molecule has 0 aliphatic rings. The van der Waals surface area contributed by atoms with Crippen molar-refractivity contribution in [3.63, 3.8) is 0 Å². The third-order valence-corrected chi connectivity index (χ3v) is 2.23. The van der Waals surface area contributed by atoms with Gasteiger partial charge in [-0.25, -0.2) is 4.98 Å². The highest BCUT2D eigenvalue weighted by molar-refractivity contribution is 5.79. The lowest BCUT2D eigenvalue weighted by Gasteiger charge is -2.05. The first-order valence-corrected chi connectivity index (χ1v) is 5.65. The molecule has 1 heterocycles. The van der Waals surface area contributed by atoms with E-state index in [1.165, 1.54) is 0 Å². The van der Waals surface area contributed by atoms with Gasteiger partial charge in [-0.3, -0.25) is 4.57 Å². The van der Waals surface area contributed by atoms with Gasteiger partial charge in [0.1, 0.15) is 11.6 Å². The summed E-state index contributed by atoms with van der Waals surface area (Å²) in [5.41, 5.74) is 7.72. The van der Waals surface area contributed by atoms with Crippen molar-refractivity contribution in [1.82, 2.24) is 9.55 Å². The Balaban J connectivity index is 0.000000606. The molecule has 0 radical (unpaired) electrons. The number of nitrogens with two attached hydrogens (primary N) is 1. The van der Waals surface area contributed by atoms with Gasteiger partial charge >= 0.3 is 0 Å². The maximum atomic E-state index is 5.73. The minimum Gasteiger partial charge on any atom is -0.385 e. The molecule has 3 nitrogen and oxygen atoms in total. The van der Waals surface area contributed by atoms with E-state index in [1.807, 2.05) is 42.7 Å². The average molecular weight is 217 g/mol. The second-order valence-corrected chi connectivity index (χ2v) is 3.20. The Morgan fingerprint density at radius 3 is 2.56 bits per heavy atom. The van der Waals surface area contributed by atoms with Crippen molar-refractivity contribution in [3.05, 3.63) is 36.7 Å². The number of hydrogen-bond acceptors (Lipinski definition) is 2. The molecule has 1 aromatic heterocycles. The SMILES string of the molecule is C=C(N)n1c(CC)nc2ccccc21.CC. The zero-order valence-corrected chi connectivity index (χ0v) is 10.2. The number of nitrogens with zero attached hydrogens (tertiary/aromatic N) is 2. The van der Waals surface area contributed by atoms with Crippen LogP contribution in [0, 0.1) is 0 Å². The fourth-order valence-electron chi connectivity index (χ4n) is 1.63. The van der Waals surface area contributed by atoms with Crippen LogP contribution in [0.25, 0.3) is 16.9 Å². The van der Waals surface area contributed by atoms with Crippen molar-refractivity contribution in [3.8, 4) is 0 Å². The molecule has 86 valence electrons. The van der Waals surface area contributed by atoms with Crippen LogP contribution in [0.2, 0.25) is 0 Å². The predicted octanol–water partition coefficient (Wildman–Crippen LogP) is 3.01. The maximum Gasteiger partial charge on any atom is 0.115 e. The zero-order valence-electron chi connectivity index (χ0n) is 10.2. The van der Waals surface area contributed by atoms with E-state index >= 15 is 0 Å². The van der Waals surface area contributed by atoms with Crippen LogP contribution in [0.15, 0.2) is 30.8 Å². The number of rotatable bonds is 2. The Morgan fingerprint density at radius 1 is 1.38 bits per heavy atom. The Bertz CT molecular complexity index is 483. The Kier molecular flexibility index (Phi) is 4.11. The molecule has 0 fully saturated rings. The van der Waals surface area contributed by atoms with E-state index in [-0.39, 0.29) is 0 Å². The smallest absolute Gasteiger partial charge is 0.115 e. The second kappa shape index (κ2) is 5.35. The highest BCUT2D eigenvalue weighted by Gasteiger charge is 2.08. The van der Waals surface area contributed by atoms with Gasteiger partial charge in [0, 0.05) is 6.42 Å². The summed E-state index contributed by atoms with van der Waals surface area (Å²) >= 11 is 0. The molecule has 2 N–H and O–H groups in total. The van der Waals surface area contributed by atoms with E-state index in [0.29, 0.717) is 5.82 Å². The summed E-state index contributed by atoms with van der Waals surface area (Å²) in [6.45, 7) is 9.81. The van der Waals surface area contributed by atoms with Gasteiger partial charge in [-0.05, 0) is 12.1 Å². The van der Waals surface area contributed by atoms with E-state index in [0.717, 1.165) is 23.3 Å². The molecule has 0 spiro atoms. The van der Waals surface area contributed by atoms with Crippen molar-refractivity contribution in [2.24, 2.45) is 5.73 Å². The van der Waals surface area contributed by atoms with Gasteiger partial charge in [0.05, 0.1) is 11.0 Å². The molecule has 0 amide bonds. The van der Waals surface area contributed by atoms with Crippen molar-refractivity contribution in [2.75, 3.05) is 0 Å². The predicted molar refractivity (Wildman–Crippen MR) is 70.0 cm³/mol. The quantitative estimate of drug-likeness (QED) is 0.840. The van der Waals surface area contributed by atoms with Crippen molar-refractivity contribution in [2.45, 2.75) is 27.2 Å². The summed E-state index contributed by atoms with van der Waals surface area (Å²) < 4.78 is 1.90. The monoisotopic (exact) mass is 217 g/mol. The standard InChI is InChI=1S/C11H13N3.C2H6/c1-3-11-13-9-6-4-5-7-10(9)14(11)8(2)12;1-2/h4-7H,2-3,12H2,1H3;1-2H3. The van der Waals surface area contributed by atoms with Crippen molar-refractivity contribution < 1.29 is 0 Å². The molecule has 0 saturated carbocycles. The number of aromatic nitrogens is 2. The van der Waals surface area contributed by atoms with E-state index in [1.54, 1.807) is 0 Å². The first-order valence-electron chi connectivity index (χ1n) is 5.65. The van der Waals surface area contributed by atoms with Crippen LogP contribution in [0.5, 0.6) is 0 Å². The number of hydrogen-bond donors (Lipinski definition) is 1. The van der Waals surface area contributed by atoms with Crippen LogP contribution in [-0.4, -0.2) is 9.55 Å². The molecule has 0 bridgehead atoms. The van der Waals surface area contributed by atoms with Gasteiger partial charge in [0.25, 0.3) is 0 Å². The van der Waals surface area contributed by atoms with Gasteiger partial charge in [-0.15, -0.1) is 0 Å². The van der Waals surface area contributed by atoms with Crippen molar-refractivity contribution in [1.29, 1.82) is 0 Å². The Morgan fingerprint density at radius 2 is 2.00 bits per heavy atom. The van der Waals surface area contributed by atoms with Gasteiger partial charge in [0.15, 0.2) is 0 Å². The number of imidazole rings is 1. The first-order chi connectivity index (χ1) is 7.74. The molecule has 16 heavy (non-hydrogen) atoms. The fourth-order valence-corrected chi connectivity index (χ4v) is 1.63. The van der Waals surface area contributed by atoms with E-state index in [2.05, 4.69) is 18.5 Å². The number of aryl methyl sites for hydroxylation is 1. The summed E-state index contributed by atoms with van der Waals surface area (Å²) in [6.07, 6.45) is 0.852. The molecule has 2 aromatic rings. The van der Waals surface area contributed by atoms with Crippen LogP contribution in [0.4, 0.5) is 0 Å². The Labute approximate surface area is 96.6 Å². The number of benzene rings is 1. The molecule has 3 heteroatoms. The third kappa shape index (κ3) is 2.08. The molecule has 0 saturated heterocycles. The largest absolute Gasteiger partial charge is 0.385 e. The van der Waals surface area contributed by atoms with Crippen LogP contribution in [-0.2, 0) is 6.42 Å². The van der Waals surface area contributed by atoms with E-state index in [4.69, 9.17) is 5.73 Å². The summed E-state index contributed by atoms with van der Waals surface area (Å²) in [6, 6.07) is 7.93.